The number of hydroxylamine groups is 2. The van der Waals surface area contributed by atoms with Crippen LogP contribution in [0.5, 0.6) is 0 Å². The van der Waals surface area contributed by atoms with Gasteiger partial charge < -0.3 is 0 Å². The normalized spacial score (nSPS) is 25.1. The van der Waals surface area contributed by atoms with Gasteiger partial charge >= 0.3 is 0 Å². The highest BCUT2D eigenvalue weighted by atomic mass is 16.7. The minimum Gasteiger partial charge on any atom is -0.272 e. The topological polar surface area (TPSA) is 68.2 Å². The molecule has 148 valence electrons. The highest BCUT2D eigenvalue weighted by Crippen LogP contribution is 2.36. The number of pyridine rings is 1. The third kappa shape index (κ3) is 4.22. The minimum atomic E-state index is -0.0128. The van der Waals surface area contributed by atoms with Crippen LogP contribution in [0.2, 0.25) is 0 Å². The van der Waals surface area contributed by atoms with E-state index in [-0.39, 0.29) is 17.9 Å². The number of hydrogen-bond acceptors (Lipinski definition) is 5. The molecule has 0 unspecified atom stereocenters. The van der Waals surface area contributed by atoms with E-state index in [0.717, 1.165) is 61.2 Å². The van der Waals surface area contributed by atoms with E-state index >= 15 is 0 Å². The molecule has 28 heavy (non-hydrogen) atoms. The maximum atomic E-state index is 13.1. The average Bonchev–Trinajstić information content (AvgIpc) is 3.20. The van der Waals surface area contributed by atoms with Gasteiger partial charge in [0.15, 0.2) is 0 Å². The van der Waals surface area contributed by atoms with E-state index in [2.05, 4.69) is 27.3 Å². The summed E-state index contributed by atoms with van der Waals surface area (Å²) in [5.41, 5.74) is 4.04. The molecule has 0 bridgehead atoms. The SMILES string of the molecule is Cc1ccc([C@@H]2CCON2C(=O)[C@H]2CC[C@H](Cc3ccc(C)nn3)CC2)cn1. The molecule has 2 aromatic heterocycles. The summed E-state index contributed by atoms with van der Waals surface area (Å²) in [4.78, 5) is 23.2. The molecule has 2 aliphatic rings. The van der Waals surface area contributed by atoms with Crippen molar-refractivity contribution in [3.63, 3.8) is 0 Å². The number of aromatic nitrogens is 3. The fraction of sp³-hybridized carbons (Fsp3) is 0.545. The van der Waals surface area contributed by atoms with E-state index < -0.39 is 0 Å². The molecule has 0 N–H and O–H groups in total. The monoisotopic (exact) mass is 380 g/mol. The van der Waals surface area contributed by atoms with Gasteiger partial charge in [0.1, 0.15) is 0 Å². The lowest BCUT2D eigenvalue weighted by Gasteiger charge is -2.31. The zero-order chi connectivity index (χ0) is 19.5. The Hall–Kier alpha value is -2.34. The average molecular weight is 380 g/mol. The van der Waals surface area contributed by atoms with Gasteiger partial charge in [-0.1, -0.05) is 6.07 Å². The first kappa shape index (κ1) is 19.0. The third-order valence-electron chi connectivity index (χ3n) is 5.99. The van der Waals surface area contributed by atoms with Crippen LogP contribution in [0.25, 0.3) is 0 Å². The van der Waals surface area contributed by atoms with Crippen LogP contribution < -0.4 is 0 Å². The fourth-order valence-electron chi connectivity index (χ4n) is 4.29. The summed E-state index contributed by atoms with van der Waals surface area (Å²) < 4.78 is 0. The zero-order valence-corrected chi connectivity index (χ0v) is 16.7. The number of amides is 1. The van der Waals surface area contributed by atoms with Crippen LogP contribution in [0.4, 0.5) is 0 Å². The quantitative estimate of drug-likeness (QED) is 0.808. The van der Waals surface area contributed by atoms with E-state index in [1.54, 1.807) is 5.06 Å². The molecule has 3 heterocycles. The van der Waals surface area contributed by atoms with Crippen molar-refractivity contribution in [1.29, 1.82) is 0 Å². The van der Waals surface area contributed by atoms with Crippen molar-refractivity contribution in [3.8, 4) is 0 Å². The largest absolute Gasteiger partial charge is 0.272 e. The van der Waals surface area contributed by atoms with Gasteiger partial charge in [-0.05, 0) is 75.6 Å². The van der Waals surface area contributed by atoms with Crippen molar-refractivity contribution in [2.45, 2.75) is 58.4 Å². The lowest BCUT2D eigenvalue weighted by Crippen LogP contribution is -2.36. The van der Waals surface area contributed by atoms with Crippen LogP contribution in [-0.2, 0) is 16.1 Å². The van der Waals surface area contributed by atoms with Crippen LogP contribution in [0, 0.1) is 25.7 Å². The first-order valence-electron chi connectivity index (χ1n) is 10.3. The smallest absolute Gasteiger partial charge is 0.249 e. The number of aryl methyl sites for hydroxylation is 2. The molecular formula is C22H28N4O2. The van der Waals surface area contributed by atoms with Crippen molar-refractivity contribution >= 4 is 5.91 Å². The Kier molecular flexibility index (Phi) is 5.67. The predicted octanol–water partition coefficient (Wildman–Crippen LogP) is 3.74. The summed E-state index contributed by atoms with van der Waals surface area (Å²) in [7, 11) is 0. The van der Waals surface area contributed by atoms with Gasteiger partial charge in [-0.15, -0.1) is 0 Å². The second kappa shape index (κ2) is 8.35. The molecular weight excluding hydrogens is 352 g/mol. The van der Waals surface area contributed by atoms with Gasteiger partial charge in [-0.2, -0.15) is 10.2 Å². The summed E-state index contributed by atoms with van der Waals surface area (Å²) in [5.74, 6) is 0.772. The Labute approximate surface area is 166 Å². The number of rotatable bonds is 4. The Morgan fingerprint density at radius 3 is 2.50 bits per heavy atom. The molecule has 4 rings (SSSR count). The molecule has 2 aromatic rings. The first-order chi connectivity index (χ1) is 13.6. The van der Waals surface area contributed by atoms with Gasteiger partial charge in [0, 0.05) is 24.2 Å². The predicted molar refractivity (Wildman–Crippen MR) is 105 cm³/mol. The maximum absolute atomic E-state index is 13.1. The van der Waals surface area contributed by atoms with Gasteiger partial charge in [0.05, 0.1) is 24.0 Å². The Balaban J connectivity index is 1.34. The molecule has 6 heteroatoms. The van der Waals surface area contributed by atoms with Gasteiger partial charge in [0.2, 0.25) is 5.91 Å². The number of carbonyl (C=O) groups excluding carboxylic acids is 1. The van der Waals surface area contributed by atoms with E-state index in [1.807, 2.05) is 32.2 Å². The second-order valence-corrected chi connectivity index (χ2v) is 8.12. The summed E-state index contributed by atoms with van der Waals surface area (Å²) in [6, 6.07) is 8.12. The maximum Gasteiger partial charge on any atom is 0.249 e. The van der Waals surface area contributed by atoms with Crippen molar-refractivity contribution in [1.82, 2.24) is 20.2 Å². The fourth-order valence-corrected chi connectivity index (χ4v) is 4.29. The summed E-state index contributed by atoms with van der Waals surface area (Å²) >= 11 is 0. The molecule has 1 atom stereocenters. The molecule has 0 radical (unpaired) electrons. The molecule has 1 aliphatic carbocycles. The van der Waals surface area contributed by atoms with Crippen molar-refractivity contribution in [2.24, 2.45) is 11.8 Å². The standard InChI is InChI=1S/C22H28N4O2/c1-15-3-7-19(14-23-15)21-11-12-28-26(21)22(27)18-8-5-17(6-9-18)13-20-10-4-16(2)24-25-20/h3-4,7,10,14,17-18,21H,5-6,8-9,11-13H2,1-2H3/t17-,18-,21-/m0/s1. The van der Waals surface area contributed by atoms with Gasteiger partial charge in [-0.3, -0.25) is 14.6 Å². The molecule has 1 aliphatic heterocycles. The lowest BCUT2D eigenvalue weighted by atomic mass is 9.79. The van der Waals surface area contributed by atoms with Crippen LogP contribution in [0.3, 0.4) is 0 Å². The summed E-state index contributed by atoms with van der Waals surface area (Å²) in [6.07, 6.45) is 7.59. The number of carbonyl (C=O) groups is 1. The van der Waals surface area contributed by atoms with Crippen molar-refractivity contribution < 1.29 is 9.63 Å². The van der Waals surface area contributed by atoms with Gasteiger partial charge in [0.25, 0.3) is 0 Å². The Bertz CT molecular complexity index is 798. The molecule has 1 amide bonds. The summed E-state index contributed by atoms with van der Waals surface area (Å²) in [5, 5.41) is 10.1. The Morgan fingerprint density at radius 1 is 1.04 bits per heavy atom. The third-order valence-corrected chi connectivity index (χ3v) is 5.99. The van der Waals surface area contributed by atoms with Crippen LogP contribution in [0.1, 0.15) is 60.8 Å². The Morgan fingerprint density at radius 2 is 1.82 bits per heavy atom. The van der Waals surface area contributed by atoms with Crippen LogP contribution >= 0.6 is 0 Å². The lowest BCUT2D eigenvalue weighted by molar-refractivity contribution is -0.183. The second-order valence-electron chi connectivity index (χ2n) is 8.12. The van der Waals surface area contributed by atoms with Crippen LogP contribution in [0.15, 0.2) is 30.5 Å². The summed E-state index contributed by atoms with van der Waals surface area (Å²) in [6.45, 7) is 4.51. The number of nitrogens with zero attached hydrogens (tertiary/aromatic N) is 4. The molecule has 2 fully saturated rings. The first-order valence-corrected chi connectivity index (χ1v) is 10.3. The van der Waals surface area contributed by atoms with E-state index in [9.17, 15) is 4.79 Å². The molecule has 1 saturated heterocycles. The van der Waals surface area contributed by atoms with E-state index in [0.29, 0.717) is 12.5 Å². The number of hydrogen-bond donors (Lipinski definition) is 0. The highest BCUT2D eigenvalue weighted by molar-refractivity contribution is 5.78. The molecule has 0 spiro atoms. The molecule has 0 aromatic carbocycles. The molecule has 6 nitrogen and oxygen atoms in total. The van der Waals surface area contributed by atoms with E-state index in [1.165, 1.54) is 0 Å². The molecule has 1 saturated carbocycles. The van der Waals surface area contributed by atoms with E-state index in [4.69, 9.17) is 4.84 Å². The zero-order valence-electron chi connectivity index (χ0n) is 16.7. The van der Waals surface area contributed by atoms with Crippen LogP contribution in [-0.4, -0.2) is 32.8 Å². The van der Waals surface area contributed by atoms with Crippen molar-refractivity contribution in [2.75, 3.05) is 6.61 Å². The highest BCUT2D eigenvalue weighted by Gasteiger charge is 2.37. The van der Waals surface area contributed by atoms with Crippen molar-refractivity contribution in [3.05, 3.63) is 53.1 Å². The minimum absolute atomic E-state index is 0.0128. The van der Waals surface area contributed by atoms with Gasteiger partial charge in [-0.25, -0.2) is 5.06 Å².